The molecule has 1 heterocycles. The fourth-order valence-electron chi connectivity index (χ4n) is 1.28. The minimum atomic E-state index is -0.544. The van der Waals surface area contributed by atoms with Crippen LogP contribution in [0.15, 0.2) is 28.7 Å². The van der Waals surface area contributed by atoms with Crippen molar-refractivity contribution < 1.29 is 13.9 Å². The third kappa shape index (κ3) is 2.21. The van der Waals surface area contributed by atoms with Gasteiger partial charge in [0.05, 0.1) is 0 Å². The second-order valence-electron chi connectivity index (χ2n) is 4.49. The van der Waals surface area contributed by atoms with Gasteiger partial charge in [-0.25, -0.2) is 9.78 Å². The van der Waals surface area contributed by atoms with Crippen molar-refractivity contribution in [2.24, 2.45) is 0 Å². The van der Waals surface area contributed by atoms with E-state index in [1.165, 1.54) is 0 Å². The zero-order chi connectivity index (χ0) is 11.8. The number of para-hydroxylation sites is 2. The molecule has 0 bridgehead atoms. The highest BCUT2D eigenvalue weighted by Gasteiger charge is 2.22. The lowest BCUT2D eigenvalue weighted by Crippen LogP contribution is -2.24. The number of esters is 1. The van der Waals surface area contributed by atoms with Crippen molar-refractivity contribution in [2.45, 2.75) is 26.4 Å². The van der Waals surface area contributed by atoms with E-state index in [1.54, 1.807) is 32.9 Å². The van der Waals surface area contributed by atoms with Gasteiger partial charge in [0.15, 0.2) is 5.58 Å². The quantitative estimate of drug-likeness (QED) is 0.692. The predicted molar refractivity (Wildman–Crippen MR) is 59.2 cm³/mol. The summed E-state index contributed by atoms with van der Waals surface area (Å²) in [7, 11) is 0. The molecule has 4 heteroatoms. The molecule has 1 aromatic carbocycles. The molecule has 0 unspecified atom stereocenters. The summed E-state index contributed by atoms with van der Waals surface area (Å²) in [6.45, 7) is 5.40. The maximum absolute atomic E-state index is 11.7. The fourth-order valence-corrected chi connectivity index (χ4v) is 1.28. The Hall–Kier alpha value is -1.84. The summed E-state index contributed by atoms with van der Waals surface area (Å²) in [5.74, 6) is -0.542. The smallest absolute Gasteiger partial charge is 0.395 e. The van der Waals surface area contributed by atoms with Crippen LogP contribution in [0.1, 0.15) is 31.5 Å². The molecule has 0 fully saturated rings. The molecule has 84 valence electrons. The van der Waals surface area contributed by atoms with E-state index in [0.29, 0.717) is 11.1 Å². The maximum Gasteiger partial charge on any atom is 0.395 e. The van der Waals surface area contributed by atoms with Crippen LogP contribution in [0.2, 0.25) is 0 Å². The van der Waals surface area contributed by atoms with Crippen LogP contribution in [0.3, 0.4) is 0 Å². The number of carbonyl (C=O) groups is 1. The zero-order valence-corrected chi connectivity index (χ0v) is 9.48. The lowest BCUT2D eigenvalue weighted by Gasteiger charge is -2.17. The van der Waals surface area contributed by atoms with Gasteiger partial charge >= 0.3 is 11.9 Å². The third-order valence-electron chi connectivity index (χ3n) is 1.87. The van der Waals surface area contributed by atoms with Crippen LogP contribution in [0, 0.1) is 0 Å². The van der Waals surface area contributed by atoms with Gasteiger partial charge in [-0.15, -0.1) is 0 Å². The molecule has 2 rings (SSSR count). The van der Waals surface area contributed by atoms with Crippen molar-refractivity contribution in [3.05, 3.63) is 30.2 Å². The Balaban J connectivity index is 2.30. The predicted octanol–water partition coefficient (Wildman–Crippen LogP) is 2.78. The standard InChI is InChI=1S/C12H13NO3/c1-12(2,3)16-11(14)10-13-8-6-4-5-7-9(8)15-10/h4-7H,1-3H3. The lowest BCUT2D eigenvalue weighted by atomic mass is 10.2. The van der Waals surface area contributed by atoms with E-state index in [1.807, 2.05) is 12.1 Å². The Morgan fingerprint density at radius 2 is 2.00 bits per heavy atom. The summed E-state index contributed by atoms with van der Waals surface area (Å²) >= 11 is 0. The summed E-state index contributed by atoms with van der Waals surface area (Å²) in [4.78, 5) is 15.7. The SMILES string of the molecule is CC(C)(C)OC(=O)c1nc2ccccc2o1. The summed E-state index contributed by atoms with van der Waals surface area (Å²) in [5.41, 5.74) is 0.698. The molecular formula is C12H13NO3. The topological polar surface area (TPSA) is 52.3 Å². The van der Waals surface area contributed by atoms with Gasteiger partial charge in [0.2, 0.25) is 0 Å². The van der Waals surface area contributed by atoms with Gasteiger partial charge in [0, 0.05) is 0 Å². The molecule has 4 nitrogen and oxygen atoms in total. The average molecular weight is 219 g/mol. The molecule has 0 radical (unpaired) electrons. The van der Waals surface area contributed by atoms with Crippen molar-refractivity contribution in [2.75, 3.05) is 0 Å². The first-order valence-electron chi connectivity index (χ1n) is 5.05. The number of hydrogen-bond acceptors (Lipinski definition) is 4. The Morgan fingerprint density at radius 1 is 1.31 bits per heavy atom. The Morgan fingerprint density at radius 3 is 2.62 bits per heavy atom. The Labute approximate surface area is 93.2 Å². The highest BCUT2D eigenvalue weighted by molar-refractivity contribution is 5.88. The molecule has 0 saturated carbocycles. The summed E-state index contributed by atoms with van der Waals surface area (Å²) in [5, 5.41) is 0. The van der Waals surface area contributed by atoms with Gasteiger partial charge in [-0.2, -0.15) is 0 Å². The summed E-state index contributed by atoms with van der Waals surface area (Å²) in [6, 6.07) is 7.21. The highest BCUT2D eigenvalue weighted by Crippen LogP contribution is 2.17. The highest BCUT2D eigenvalue weighted by atomic mass is 16.6. The second kappa shape index (κ2) is 3.63. The number of nitrogens with zero attached hydrogens (tertiary/aromatic N) is 1. The van der Waals surface area contributed by atoms with Crippen molar-refractivity contribution >= 4 is 17.1 Å². The summed E-state index contributed by atoms with van der Waals surface area (Å²) in [6.07, 6.45) is 0. The zero-order valence-electron chi connectivity index (χ0n) is 9.48. The average Bonchev–Trinajstić information content (AvgIpc) is 2.58. The van der Waals surface area contributed by atoms with Crippen LogP contribution in [0.25, 0.3) is 11.1 Å². The van der Waals surface area contributed by atoms with Crippen molar-refractivity contribution in [3.63, 3.8) is 0 Å². The minimum absolute atomic E-state index is 0.00359. The number of ether oxygens (including phenoxy) is 1. The first-order valence-corrected chi connectivity index (χ1v) is 5.05. The molecule has 0 aliphatic rings. The second-order valence-corrected chi connectivity index (χ2v) is 4.49. The molecule has 1 aromatic heterocycles. The van der Waals surface area contributed by atoms with E-state index in [2.05, 4.69) is 4.98 Å². The largest absolute Gasteiger partial charge is 0.453 e. The van der Waals surface area contributed by atoms with Crippen LogP contribution < -0.4 is 0 Å². The van der Waals surface area contributed by atoms with E-state index >= 15 is 0 Å². The van der Waals surface area contributed by atoms with E-state index < -0.39 is 11.6 Å². The molecule has 0 aliphatic carbocycles. The van der Waals surface area contributed by atoms with Crippen LogP contribution in [0.5, 0.6) is 0 Å². The molecule has 0 saturated heterocycles. The normalized spacial score (nSPS) is 11.7. The van der Waals surface area contributed by atoms with E-state index in [0.717, 1.165) is 0 Å². The van der Waals surface area contributed by atoms with Gasteiger partial charge in [-0.3, -0.25) is 0 Å². The number of fused-ring (bicyclic) bond motifs is 1. The number of oxazole rings is 1. The van der Waals surface area contributed by atoms with Gasteiger partial charge in [0.1, 0.15) is 11.1 Å². The van der Waals surface area contributed by atoms with Crippen LogP contribution >= 0.6 is 0 Å². The Kier molecular flexibility index (Phi) is 2.42. The number of hydrogen-bond donors (Lipinski definition) is 0. The van der Waals surface area contributed by atoms with Crippen LogP contribution in [-0.4, -0.2) is 16.6 Å². The number of carbonyl (C=O) groups excluding carboxylic acids is 1. The number of rotatable bonds is 1. The van der Waals surface area contributed by atoms with Crippen molar-refractivity contribution in [1.29, 1.82) is 0 Å². The van der Waals surface area contributed by atoms with Crippen molar-refractivity contribution in [3.8, 4) is 0 Å². The first kappa shape index (κ1) is 10.7. The molecular weight excluding hydrogens is 206 g/mol. The number of benzene rings is 1. The molecule has 0 aliphatic heterocycles. The molecule has 2 aromatic rings. The van der Waals surface area contributed by atoms with Gasteiger partial charge in [0.25, 0.3) is 0 Å². The van der Waals surface area contributed by atoms with E-state index in [-0.39, 0.29) is 5.89 Å². The molecule has 0 amide bonds. The maximum atomic E-state index is 11.7. The fraction of sp³-hybridized carbons (Fsp3) is 0.333. The van der Waals surface area contributed by atoms with Gasteiger partial charge in [-0.05, 0) is 32.9 Å². The van der Waals surface area contributed by atoms with Gasteiger partial charge in [-0.1, -0.05) is 12.1 Å². The molecule has 16 heavy (non-hydrogen) atoms. The van der Waals surface area contributed by atoms with Crippen molar-refractivity contribution in [1.82, 2.24) is 4.98 Å². The summed E-state index contributed by atoms with van der Waals surface area (Å²) < 4.78 is 10.4. The molecule has 0 spiro atoms. The lowest BCUT2D eigenvalue weighted by molar-refractivity contribution is 0.00296. The van der Waals surface area contributed by atoms with Crippen LogP contribution in [0.4, 0.5) is 0 Å². The van der Waals surface area contributed by atoms with E-state index in [9.17, 15) is 4.79 Å². The van der Waals surface area contributed by atoms with Gasteiger partial charge < -0.3 is 9.15 Å². The molecule has 0 atom stereocenters. The van der Waals surface area contributed by atoms with Crippen LogP contribution in [-0.2, 0) is 4.74 Å². The Bertz CT molecular complexity index is 489. The van der Waals surface area contributed by atoms with E-state index in [4.69, 9.17) is 9.15 Å². The minimum Gasteiger partial charge on any atom is -0.453 e. The number of aromatic nitrogens is 1. The molecule has 0 N–H and O–H groups in total. The third-order valence-corrected chi connectivity index (χ3v) is 1.87. The monoisotopic (exact) mass is 219 g/mol. The first-order chi connectivity index (χ1) is 7.46.